The lowest BCUT2D eigenvalue weighted by Crippen LogP contribution is -1.96. The first-order chi connectivity index (χ1) is 8.33. The molecule has 1 nitrogen and oxygen atoms in total. The van der Waals surface area contributed by atoms with Crippen LogP contribution in [0.5, 0.6) is 0 Å². The van der Waals surface area contributed by atoms with E-state index < -0.39 is 0 Å². The van der Waals surface area contributed by atoms with Crippen molar-refractivity contribution in [1.82, 2.24) is 0 Å². The maximum Gasteiger partial charge on any atom is 0.0721 e. The molecule has 0 atom stereocenters. The maximum atomic E-state index is 5.58. The van der Waals surface area contributed by atoms with E-state index in [1.54, 1.807) is 0 Å². The summed E-state index contributed by atoms with van der Waals surface area (Å²) in [5.41, 5.74) is 2.22. The number of hydrogen-bond donors (Lipinski definition) is 0. The second-order valence-electron chi connectivity index (χ2n) is 3.87. The fourth-order valence-electron chi connectivity index (χ4n) is 1.37. The number of rotatable bonds is 8. The van der Waals surface area contributed by atoms with Gasteiger partial charge in [-0.25, -0.2) is 0 Å². The van der Waals surface area contributed by atoms with Gasteiger partial charge in [0.2, 0.25) is 0 Å². The largest absolute Gasteiger partial charge is 0.372 e. The van der Waals surface area contributed by atoms with Crippen molar-refractivity contribution in [3.05, 3.63) is 60.2 Å². The molecule has 92 valence electrons. The molecule has 1 aromatic carbocycles. The fourth-order valence-corrected chi connectivity index (χ4v) is 1.69. The van der Waals surface area contributed by atoms with Crippen molar-refractivity contribution in [3.63, 3.8) is 0 Å². The van der Waals surface area contributed by atoms with E-state index >= 15 is 0 Å². The summed E-state index contributed by atoms with van der Waals surface area (Å²) in [4.78, 5) is 0. The van der Waals surface area contributed by atoms with E-state index in [0.717, 1.165) is 23.7 Å². The van der Waals surface area contributed by atoms with E-state index in [9.17, 15) is 0 Å². The van der Waals surface area contributed by atoms with Crippen LogP contribution in [0.4, 0.5) is 0 Å². The molecule has 0 saturated heterocycles. The predicted octanol–water partition coefficient (Wildman–Crippen LogP) is 4.49. The van der Waals surface area contributed by atoms with Crippen molar-refractivity contribution in [1.29, 1.82) is 0 Å². The average Bonchev–Trinajstić information content (AvgIpc) is 2.36. The summed E-state index contributed by atoms with van der Waals surface area (Å²) in [6.45, 7) is 5.20. The Labute approximate surface area is 112 Å². The van der Waals surface area contributed by atoms with Crippen LogP contribution in [0.25, 0.3) is 0 Å². The van der Waals surface area contributed by atoms with Crippen molar-refractivity contribution in [2.75, 3.05) is 11.9 Å². The molecular weight excluding hydrogens is 276 g/mol. The van der Waals surface area contributed by atoms with Crippen molar-refractivity contribution in [3.8, 4) is 0 Å². The van der Waals surface area contributed by atoms with Crippen LogP contribution in [0, 0.1) is 0 Å². The number of ether oxygens (including phenoxy) is 1. The van der Waals surface area contributed by atoms with E-state index in [1.165, 1.54) is 5.56 Å². The first kappa shape index (κ1) is 14.2. The third-order valence-electron chi connectivity index (χ3n) is 2.26. The molecule has 2 heteroatoms. The number of benzene rings is 1. The average molecular weight is 295 g/mol. The van der Waals surface area contributed by atoms with E-state index in [-0.39, 0.29) is 0 Å². The van der Waals surface area contributed by atoms with Gasteiger partial charge in [-0.2, -0.15) is 0 Å². The molecule has 0 aromatic heterocycles. The van der Waals surface area contributed by atoms with E-state index in [4.69, 9.17) is 4.74 Å². The molecule has 0 aliphatic carbocycles. The van der Waals surface area contributed by atoms with Gasteiger partial charge < -0.3 is 4.74 Å². The number of allylic oxidation sites excluding steroid dienone is 1. The van der Waals surface area contributed by atoms with E-state index in [2.05, 4.69) is 40.7 Å². The van der Waals surface area contributed by atoms with E-state index in [1.807, 2.05) is 24.3 Å². The third-order valence-corrected chi connectivity index (χ3v) is 2.82. The molecule has 0 aliphatic rings. The summed E-state index contributed by atoms with van der Waals surface area (Å²) in [5.74, 6) is 0. The number of unbranched alkanes of at least 4 members (excludes halogenated alkanes) is 1. The number of alkyl halides is 1. The van der Waals surface area contributed by atoms with Gasteiger partial charge in [0.1, 0.15) is 0 Å². The van der Waals surface area contributed by atoms with Crippen LogP contribution < -0.4 is 0 Å². The second-order valence-corrected chi connectivity index (χ2v) is 4.66. The van der Waals surface area contributed by atoms with Crippen LogP contribution in [-0.2, 0) is 11.3 Å². The van der Waals surface area contributed by atoms with Gasteiger partial charge >= 0.3 is 0 Å². The van der Waals surface area contributed by atoms with Crippen LogP contribution in [0.15, 0.2) is 54.6 Å². The molecule has 0 aliphatic heterocycles. The zero-order valence-corrected chi connectivity index (χ0v) is 11.7. The Morgan fingerprint density at radius 3 is 2.76 bits per heavy atom. The van der Waals surface area contributed by atoms with Crippen LogP contribution in [0.1, 0.15) is 18.4 Å². The molecule has 0 radical (unpaired) electrons. The SMILES string of the molecule is C=C(C=CCCCBr)COCc1ccccc1. The van der Waals surface area contributed by atoms with Gasteiger partial charge in [-0.15, -0.1) is 0 Å². The number of halogens is 1. The number of hydrogen-bond acceptors (Lipinski definition) is 1. The highest BCUT2D eigenvalue weighted by Crippen LogP contribution is 2.04. The van der Waals surface area contributed by atoms with Gasteiger partial charge in [0.25, 0.3) is 0 Å². The first-order valence-electron chi connectivity index (χ1n) is 5.85. The summed E-state index contributed by atoms with van der Waals surface area (Å²) < 4.78 is 5.58. The quantitative estimate of drug-likeness (QED) is 0.390. The molecule has 0 spiro atoms. The Balaban J connectivity index is 2.14. The van der Waals surface area contributed by atoms with Gasteiger partial charge in [0.05, 0.1) is 13.2 Å². The van der Waals surface area contributed by atoms with Crippen molar-refractivity contribution in [2.24, 2.45) is 0 Å². The minimum Gasteiger partial charge on any atom is -0.372 e. The normalized spacial score (nSPS) is 10.9. The summed E-state index contributed by atoms with van der Waals surface area (Å²) in [5, 5.41) is 1.05. The van der Waals surface area contributed by atoms with Crippen molar-refractivity contribution in [2.45, 2.75) is 19.4 Å². The van der Waals surface area contributed by atoms with Gasteiger partial charge in [0, 0.05) is 5.33 Å². The van der Waals surface area contributed by atoms with Crippen molar-refractivity contribution >= 4 is 15.9 Å². The highest BCUT2D eigenvalue weighted by molar-refractivity contribution is 9.09. The van der Waals surface area contributed by atoms with Crippen molar-refractivity contribution < 1.29 is 4.74 Å². The van der Waals surface area contributed by atoms with Gasteiger partial charge in [-0.3, -0.25) is 0 Å². The lowest BCUT2D eigenvalue weighted by Gasteiger charge is -2.04. The highest BCUT2D eigenvalue weighted by Gasteiger charge is 1.92. The standard InChI is InChI=1S/C15H19BrO/c1-14(8-4-3-7-11-16)12-17-13-15-9-5-2-6-10-15/h2,4-6,8-10H,1,3,7,11-13H2. The minimum absolute atomic E-state index is 0.597. The fraction of sp³-hybridized carbons (Fsp3) is 0.333. The molecule has 1 rings (SSSR count). The van der Waals surface area contributed by atoms with Gasteiger partial charge in [-0.05, 0) is 24.0 Å². The molecule has 1 aromatic rings. The molecule has 0 N–H and O–H groups in total. The van der Waals surface area contributed by atoms with Crippen LogP contribution in [0.2, 0.25) is 0 Å². The molecule has 0 saturated carbocycles. The topological polar surface area (TPSA) is 9.23 Å². The Morgan fingerprint density at radius 1 is 1.29 bits per heavy atom. The Morgan fingerprint density at radius 2 is 2.06 bits per heavy atom. The second kappa shape index (κ2) is 9.20. The maximum absolute atomic E-state index is 5.58. The van der Waals surface area contributed by atoms with Gasteiger partial charge in [-0.1, -0.05) is 65.0 Å². The molecule has 0 bridgehead atoms. The lowest BCUT2D eigenvalue weighted by molar-refractivity contribution is 0.144. The zero-order chi connectivity index (χ0) is 12.3. The summed E-state index contributed by atoms with van der Waals surface area (Å²) in [6.07, 6.45) is 6.45. The summed E-state index contributed by atoms with van der Waals surface area (Å²) in [6, 6.07) is 10.2. The lowest BCUT2D eigenvalue weighted by atomic mass is 10.2. The van der Waals surface area contributed by atoms with Crippen LogP contribution in [0.3, 0.4) is 0 Å². The Kier molecular flexibility index (Phi) is 7.69. The molecule has 0 amide bonds. The Bertz CT molecular complexity index is 343. The molecule has 17 heavy (non-hydrogen) atoms. The predicted molar refractivity (Wildman–Crippen MR) is 77.4 cm³/mol. The van der Waals surface area contributed by atoms with E-state index in [0.29, 0.717) is 13.2 Å². The Hall–Kier alpha value is -0.860. The summed E-state index contributed by atoms with van der Waals surface area (Å²) >= 11 is 3.40. The molecule has 0 fully saturated rings. The molecular formula is C15H19BrO. The highest BCUT2D eigenvalue weighted by atomic mass is 79.9. The summed E-state index contributed by atoms with van der Waals surface area (Å²) in [7, 11) is 0. The third kappa shape index (κ3) is 7.14. The smallest absolute Gasteiger partial charge is 0.0721 e. The first-order valence-corrected chi connectivity index (χ1v) is 6.97. The van der Waals surface area contributed by atoms with Gasteiger partial charge in [0.15, 0.2) is 0 Å². The monoisotopic (exact) mass is 294 g/mol. The van der Waals surface area contributed by atoms with Crippen LogP contribution in [-0.4, -0.2) is 11.9 Å². The van der Waals surface area contributed by atoms with Crippen LogP contribution >= 0.6 is 15.9 Å². The zero-order valence-electron chi connectivity index (χ0n) is 10.1. The molecule has 0 unspecified atom stereocenters. The molecule has 0 heterocycles. The minimum atomic E-state index is 0.597.